The smallest absolute Gasteiger partial charge is 0.191 e. The molecule has 3 rings (SSSR count). The van der Waals surface area contributed by atoms with E-state index in [1.54, 1.807) is 19.2 Å². The van der Waals surface area contributed by atoms with Crippen LogP contribution in [-0.2, 0) is 11.3 Å². The van der Waals surface area contributed by atoms with E-state index in [1.165, 1.54) is 12.1 Å². The zero-order chi connectivity index (χ0) is 22.2. The van der Waals surface area contributed by atoms with Crippen molar-refractivity contribution in [3.05, 3.63) is 54.0 Å². The predicted molar refractivity (Wildman–Crippen MR) is 121 cm³/mol. The minimum atomic E-state index is -0.313. The van der Waals surface area contributed by atoms with Gasteiger partial charge in [0.15, 0.2) is 5.96 Å². The molecule has 168 valence electrons. The van der Waals surface area contributed by atoms with Crippen LogP contribution in [0.1, 0.15) is 26.3 Å². The SMILES string of the molecule is CN=C(NCc1ccc(N2CC(C)OC(C)C2)nc1)NCC(C)Oc1cccc(F)c1. The third-order valence-electron chi connectivity index (χ3n) is 4.93. The number of aliphatic imine (C=N–C) groups is 1. The molecule has 8 heteroatoms. The van der Waals surface area contributed by atoms with Gasteiger partial charge in [-0.05, 0) is 44.5 Å². The van der Waals surface area contributed by atoms with Crippen LogP contribution in [0.4, 0.5) is 10.2 Å². The van der Waals surface area contributed by atoms with Gasteiger partial charge in [-0.15, -0.1) is 0 Å². The molecule has 0 aliphatic carbocycles. The highest BCUT2D eigenvalue weighted by Gasteiger charge is 2.22. The first-order valence-electron chi connectivity index (χ1n) is 10.6. The second-order valence-electron chi connectivity index (χ2n) is 7.88. The number of aromatic nitrogens is 1. The Morgan fingerprint density at radius 3 is 2.68 bits per heavy atom. The summed E-state index contributed by atoms with van der Waals surface area (Å²) in [6.45, 7) is 8.92. The third kappa shape index (κ3) is 7.10. The maximum Gasteiger partial charge on any atom is 0.191 e. The summed E-state index contributed by atoms with van der Waals surface area (Å²) in [5, 5.41) is 6.50. The second kappa shape index (κ2) is 10.9. The van der Waals surface area contributed by atoms with E-state index in [0.717, 1.165) is 24.5 Å². The van der Waals surface area contributed by atoms with Gasteiger partial charge in [0.25, 0.3) is 0 Å². The van der Waals surface area contributed by atoms with Gasteiger partial charge in [-0.1, -0.05) is 12.1 Å². The zero-order valence-electron chi connectivity index (χ0n) is 18.6. The van der Waals surface area contributed by atoms with Crippen LogP contribution in [0.15, 0.2) is 47.6 Å². The Labute approximate surface area is 183 Å². The maximum absolute atomic E-state index is 13.3. The molecule has 1 aliphatic rings. The Hall–Kier alpha value is -2.87. The molecule has 0 amide bonds. The van der Waals surface area contributed by atoms with E-state index < -0.39 is 0 Å². The molecule has 0 saturated carbocycles. The number of hydrogen-bond donors (Lipinski definition) is 2. The van der Waals surface area contributed by atoms with E-state index in [-0.39, 0.29) is 24.1 Å². The van der Waals surface area contributed by atoms with Gasteiger partial charge in [0, 0.05) is 38.9 Å². The zero-order valence-corrected chi connectivity index (χ0v) is 18.6. The average Bonchev–Trinajstić information content (AvgIpc) is 2.73. The lowest BCUT2D eigenvalue weighted by molar-refractivity contribution is -0.00546. The summed E-state index contributed by atoms with van der Waals surface area (Å²) in [5.41, 5.74) is 1.06. The molecule has 1 aromatic heterocycles. The number of nitrogens with zero attached hydrogens (tertiary/aromatic N) is 3. The molecule has 2 heterocycles. The first-order valence-corrected chi connectivity index (χ1v) is 10.6. The van der Waals surface area contributed by atoms with E-state index in [4.69, 9.17) is 9.47 Å². The van der Waals surface area contributed by atoms with E-state index in [1.807, 2.05) is 19.2 Å². The molecule has 1 aromatic carbocycles. The largest absolute Gasteiger partial charge is 0.489 e. The summed E-state index contributed by atoms with van der Waals surface area (Å²) < 4.78 is 24.8. The Kier molecular flexibility index (Phi) is 8.06. The first kappa shape index (κ1) is 22.8. The highest BCUT2D eigenvalue weighted by molar-refractivity contribution is 5.79. The van der Waals surface area contributed by atoms with Crippen molar-refractivity contribution in [3.63, 3.8) is 0 Å². The summed E-state index contributed by atoms with van der Waals surface area (Å²) in [7, 11) is 1.72. The molecule has 1 fully saturated rings. The van der Waals surface area contributed by atoms with Crippen LogP contribution >= 0.6 is 0 Å². The number of halogens is 1. The number of rotatable bonds is 7. The molecule has 1 aliphatic heterocycles. The number of hydrogen-bond acceptors (Lipinski definition) is 5. The maximum atomic E-state index is 13.3. The molecular weight excluding hydrogens is 397 g/mol. The van der Waals surface area contributed by atoms with Crippen LogP contribution in [0.2, 0.25) is 0 Å². The highest BCUT2D eigenvalue weighted by atomic mass is 19.1. The number of guanidine groups is 1. The number of benzene rings is 1. The molecule has 1 saturated heterocycles. The molecule has 0 radical (unpaired) electrons. The normalized spacial score (nSPS) is 20.3. The van der Waals surface area contributed by atoms with Gasteiger partial charge in [-0.3, -0.25) is 4.99 Å². The molecule has 3 unspecified atom stereocenters. The van der Waals surface area contributed by atoms with E-state index >= 15 is 0 Å². The molecule has 7 nitrogen and oxygen atoms in total. The Bertz CT molecular complexity index is 851. The quantitative estimate of drug-likeness (QED) is 0.521. The third-order valence-corrected chi connectivity index (χ3v) is 4.93. The van der Waals surface area contributed by atoms with Crippen molar-refractivity contribution in [2.75, 3.05) is 31.6 Å². The van der Waals surface area contributed by atoms with Gasteiger partial charge in [-0.25, -0.2) is 9.37 Å². The standard InChI is InChI=1S/C23H32FN5O2/c1-16(31-21-7-5-6-20(24)10-21)11-27-23(25-4)28-13-19-8-9-22(26-12-19)29-14-17(2)30-18(3)15-29/h5-10,12,16-18H,11,13-15H2,1-4H3,(H2,25,27,28). The summed E-state index contributed by atoms with van der Waals surface area (Å²) in [6.07, 6.45) is 2.14. The molecule has 2 aromatic rings. The molecule has 2 N–H and O–H groups in total. The van der Waals surface area contributed by atoms with Crippen LogP contribution in [0.25, 0.3) is 0 Å². The van der Waals surface area contributed by atoms with Crippen molar-refractivity contribution >= 4 is 11.8 Å². The Morgan fingerprint density at radius 1 is 1.26 bits per heavy atom. The van der Waals surface area contributed by atoms with Crippen LogP contribution in [0, 0.1) is 5.82 Å². The van der Waals surface area contributed by atoms with Crippen LogP contribution in [-0.4, -0.2) is 55.9 Å². The van der Waals surface area contributed by atoms with E-state index in [0.29, 0.717) is 24.8 Å². The number of pyridine rings is 1. The van der Waals surface area contributed by atoms with Crippen molar-refractivity contribution in [1.82, 2.24) is 15.6 Å². The molecule has 31 heavy (non-hydrogen) atoms. The van der Waals surface area contributed by atoms with E-state index in [2.05, 4.69) is 45.4 Å². The number of morpholine rings is 1. The molecular formula is C23H32FN5O2. The fourth-order valence-corrected chi connectivity index (χ4v) is 3.53. The van der Waals surface area contributed by atoms with Crippen LogP contribution < -0.4 is 20.3 Å². The van der Waals surface area contributed by atoms with Gasteiger partial charge in [0.05, 0.1) is 18.8 Å². The van der Waals surface area contributed by atoms with Crippen LogP contribution in [0.3, 0.4) is 0 Å². The fourth-order valence-electron chi connectivity index (χ4n) is 3.53. The van der Waals surface area contributed by atoms with Gasteiger partial charge in [-0.2, -0.15) is 0 Å². The summed E-state index contributed by atoms with van der Waals surface area (Å²) in [4.78, 5) is 11.1. The minimum Gasteiger partial charge on any atom is -0.489 e. The van der Waals surface area contributed by atoms with Gasteiger partial charge >= 0.3 is 0 Å². The first-order chi connectivity index (χ1) is 14.9. The van der Waals surface area contributed by atoms with Crippen LogP contribution in [0.5, 0.6) is 5.75 Å². The number of nitrogens with one attached hydrogen (secondary N) is 2. The summed E-state index contributed by atoms with van der Waals surface area (Å²) in [6, 6.07) is 10.3. The fraction of sp³-hybridized carbons (Fsp3) is 0.478. The second-order valence-corrected chi connectivity index (χ2v) is 7.88. The van der Waals surface area contributed by atoms with Gasteiger partial charge in [0.2, 0.25) is 0 Å². The van der Waals surface area contributed by atoms with Gasteiger partial charge < -0.3 is 25.0 Å². The lowest BCUT2D eigenvalue weighted by Gasteiger charge is -2.36. The Balaban J connectivity index is 1.44. The minimum absolute atomic E-state index is 0.153. The predicted octanol–water partition coefficient (Wildman–Crippen LogP) is 2.97. The average molecular weight is 430 g/mol. The van der Waals surface area contributed by atoms with E-state index in [9.17, 15) is 4.39 Å². The lowest BCUT2D eigenvalue weighted by atomic mass is 10.2. The van der Waals surface area contributed by atoms with Crippen molar-refractivity contribution in [3.8, 4) is 5.75 Å². The van der Waals surface area contributed by atoms with Crippen molar-refractivity contribution in [2.45, 2.75) is 45.6 Å². The molecule has 3 atom stereocenters. The lowest BCUT2D eigenvalue weighted by Crippen LogP contribution is -2.45. The van der Waals surface area contributed by atoms with Gasteiger partial charge in [0.1, 0.15) is 23.5 Å². The number of anilines is 1. The molecule has 0 bridgehead atoms. The van der Waals surface area contributed by atoms with Crippen molar-refractivity contribution in [2.24, 2.45) is 4.99 Å². The monoisotopic (exact) mass is 429 g/mol. The topological polar surface area (TPSA) is 71.0 Å². The highest BCUT2D eigenvalue weighted by Crippen LogP contribution is 2.18. The Morgan fingerprint density at radius 2 is 2.03 bits per heavy atom. The summed E-state index contributed by atoms with van der Waals surface area (Å²) in [5.74, 6) is 1.83. The number of ether oxygens (including phenoxy) is 2. The summed E-state index contributed by atoms with van der Waals surface area (Å²) >= 11 is 0. The molecule has 0 spiro atoms. The van der Waals surface area contributed by atoms with Crippen molar-refractivity contribution in [1.29, 1.82) is 0 Å². The van der Waals surface area contributed by atoms with Crippen molar-refractivity contribution < 1.29 is 13.9 Å².